The number of carbonyl (C=O) groups excluding carboxylic acids is 1. The Balaban J connectivity index is 1.64. The van der Waals surface area contributed by atoms with Gasteiger partial charge in [0.2, 0.25) is 0 Å². The van der Waals surface area contributed by atoms with Crippen LogP contribution < -0.4 is 5.43 Å². The third kappa shape index (κ3) is 3.98. The van der Waals surface area contributed by atoms with Gasteiger partial charge in [0.15, 0.2) is 5.16 Å². The van der Waals surface area contributed by atoms with Gasteiger partial charge in [0, 0.05) is 5.71 Å². The SMILES string of the molecule is CC[C@H](Sc1nc2ccccc2[nH]1)C(=O)NN=C1CCCC[C@H]1C. The van der Waals surface area contributed by atoms with Crippen molar-refractivity contribution in [2.24, 2.45) is 11.0 Å². The number of nitrogens with one attached hydrogen (secondary N) is 2. The average molecular weight is 344 g/mol. The van der Waals surface area contributed by atoms with Crippen molar-refractivity contribution in [2.75, 3.05) is 0 Å². The third-order valence-electron chi connectivity index (χ3n) is 4.48. The highest BCUT2D eigenvalue weighted by Crippen LogP contribution is 2.26. The van der Waals surface area contributed by atoms with E-state index < -0.39 is 0 Å². The molecule has 0 spiro atoms. The smallest absolute Gasteiger partial charge is 0.253 e. The summed E-state index contributed by atoms with van der Waals surface area (Å²) in [4.78, 5) is 20.3. The zero-order chi connectivity index (χ0) is 16.9. The van der Waals surface area contributed by atoms with Crippen LogP contribution in [-0.2, 0) is 4.79 Å². The molecule has 0 saturated heterocycles. The highest BCUT2D eigenvalue weighted by atomic mass is 32.2. The molecule has 6 heteroatoms. The van der Waals surface area contributed by atoms with E-state index in [9.17, 15) is 4.79 Å². The summed E-state index contributed by atoms with van der Waals surface area (Å²) in [7, 11) is 0. The third-order valence-corrected chi connectivity index (χ3v) is 5.73. The van der Waals surface area contributed by atoms with Gasteiger partial charge in [0.25, 0.3) is 5.91 Å². The number of hydrogen-bond donors (Lipinski definition) is 2. The number of rotatable bonds is 5. The molecule has 2 atom stereocenters. The van der Waals surface area contributed by atoms with Crippen molar-refractivity contribution in [3.05, 3.63) is 24.3 Å². The van der Waals surface area contributed by atoms with Gasteiger partial charge in [-0.3, -0.25) is 4.79 Å². The Morgan fingerprint density at radius 1 is 1.46 bits per heavy atom. The molecule has 1 saturated carbocycles. The van der Waals surface area contributed by atoms with Crippen LogP contribution in [0.5, 0.6) is 0 Å². The molecule has 2 aromatic rings. The molecule has 0 unspecified atom stereocenters. The molecule has 1 fully saturated rings. The van der Waals surface area contributed by atoms with Crippen molar-refractivity contribution < 1.29 is 4.79 Å². The number of aromatic amines is 1. The summed E-state index contributed by atoms with van der Waals surface area (Å²) in [6.07, 6.45) is 5.32. The Morgan fingerprint density at radius 2 is 2.29 bits per heavy atom. The first-order chi connectivity index (χ1) is 11.7. The maximum absolute atomic E-state index is 12.5. The van der Waals surface area contributed by atoms with Gasteiger partial charge < -0.3 is 4.98 Å². The van der Waals surface area contributed by atoms with Crippen LogP contribution in [0.25, 0.3) is 11.0 Å². The van der Waals surface area contributed by atoms with E-state index in [4.69, 9.17) is 0 Å². The summed E-state index contributed by atoms with van der Waals surface area (Å²) in [6, 6.07) is 7.89. The second-order valence-electron chi connectivity index (χ2n) is 6.30. The number of para-hydroxylation sites is 2. The summed E-state index contributed by atoms with van der Waals surface area (Å²) in [5.74, 6) is 0.426. The largest absolute Gasteiger partial charge is 0.333 e. The predicted molar refractivity (Wildman–Crippen MR) is 99.2 cm³/mol. The van der Waals surface area contributed by atoms with Crippen molar-refractivity contribution >= 4 is 34.4 Å². The molecule has 2 N–H and O–H groups in total. The Kier molecular flexibility index (Phi) is 5.56. The standard InChI is InChI=1S/C18H24N4OS/c1-3-16(17(23)22-21-13-9-5-4-8-12(13)2)24-18-19-14-10-6-7-11-15(14)20-18/h6-7,10-12,16H,3-5,8-9H2,1-2H3,(H,19,20)(H,22,23)/t12-,16+/m1/s1. The first kappa shape index (κ1) is 17.0. The first-order valence-electron chi connectivity index (χ1n) is 8.65. The number of imidazole rings is 1. The normalized spacial score (nSPS) is 21.1. The molecule has 3 rings (SSSR count). The maximum atomic E-state index is 12.5. The van der Waals surface area contributed by atoms with E-state index in [1.54, 1.807) is 0 Å². The van der Waals surface area contributed by atoms with E-state index >= 15 is 0 Å². The lowest BCUT2D eigenvalue weighted by atomic mass is 9.89. The first-order valence-corrected chi connectivity index (χ1v) is 9.53. The Labute approximate surface area is 146 Å². The lowest BCUT2D eigenvalue weighted by Crippen LogP contribution is -2.31. The fourth-order valence-corrected chi connectivity index (χ4v) is 3.89. The molecule has 128 valence electrons. The molecule has 24 heavy (non-hydrogen) atoms. The van der Waals surface area contributed by atoms with Gasteiger partial charge >= 0.3 is 0 Å². The van der Waals surface area contributed by atoms with Crippen LogP contribution >= 0.6 is 11.8 Å². The average Bonchev–Trinajstić information content (AvgIpc) is 3.01. The van der Waals surface area contributed by atoms with Crippen molar-refractivity contribution in [3.63, 3.8) is 0 Å². The fraction of sp³-hybridized carbons (Fsp3) is 0.500. The predicted octanol–water partition coefficient (Wildman–Crippen LogP) is 4.12. The topological polar surface area (TPSA) is 70.1 Å². The van der Waals surface area contributed by atoms with Crippen LogP contribution in [0.2, 0.25) is 0 Å². The minimum Gasteiger partial charge on any atom is -0.333 e. The van der Waals surface area contributed by atoms with Gasteiger partial charge in [-0.05, 0) is 43.7 Å². The second-order valence-corrected chi connectivity index (χ2v) is 7.49. The van der Waals surface area contributed by atoms with E-state index in [1.807, 2.05) is 31.2 Å². The monoisotopic (exact) mass is 344 g/mol. The van der Waals surface area contributed by atoms with Crippen molar-refractivity contribution in [1.29, 1.82) is 0 Å². The van der Waals surface area contributed by atoms with Crippen LogP contribution in [0.3, 0.4) is 0 Å². The number of hydrazone groups is 1. The van der Waals surface area contributed by atoms with Gasteiger partial charge in [-0.15, -0.1) is 0 Å². The molecule has 1 aromatic carbocycles. The van der Waals surface area contributed by atoms with Crippen LogP contribution in [0.15, 0.2) is 34.5 Å². The number of carbonyl (C=O) groups is 1. The molecular formula is C18H24N4OS. The number of amides is 1. The van der Waals surface area contributed by atoms with Gasteiger partial charge in [0.05, 0.1) is 16.3 Å². The second kappa shape index (κ2) is 7.83. The van der Waals surface area contributed by atoms with Crippen LogP contribution in [0, 0.1) is 5.92 Å². The fourth-order valence-electron chi connectivity index (χ4n) is 2.98. The minimum absolute atomic E-state index is 0.0479. The molecule has 0 radical (unpaired) electrons. The highest BCUT2D eigenvalue weighted by molar-refractivity contribution is 8.00. The molecule has 1 heterocycles. The van der Waals surface area contributed by atoms with Gasteiger partial charge in [-0.2, -0.15) is 5.10 Å². The number of aromatic nitrogens is 2. The summed E-state index contributed by atoms with van der Waals surface area (Å²) in [5, 5.41) is 4.97. The maximum Gasteiger partial charge on any atom is 0.253 e. The molecular weight excluding hydrogens is 320 g/mol. The van der Waals surface area contributed by atoms with Crippen LogP contribution in [-0.4, -0.2) is 26.8 Å². The molecule has 1 aromatic heterocycles. The van der Waals surface area contributed by atoms with Crippen LogP contribution in [0.4, 0.5) is 0 Å². The molecule has 5 nitrogen and oxygen atoms in total. The number of benzene rings is 1. The molecule has 1 aliphatic carbocycles. The Bertz CT molecular complexity index is 706. The van der Waals surface area contributed by atoms with Gasteiger partial charge in [0.1, 0.15) is 0 Å². The Morgan fingerprint density at radius 3 is 3.04 bits per heavy atom. The zero-order valence-electron chi connectivity index (χ0n) is 14.2. The van der Waals surface area contributed by atoms with E-state index in [-0.39, 0.29) is 11.2 Å². The van der Waals surface area contributed by atoms with Gasteiger partial charge in [-0.1, -0.05) is 44.2 Å². The van der Waals surface area contributed by atoms with Crippen LogP contribution in [0.1, 0.15) is 46.0 Å². The summed E-state index contributed by atoms with van der Waals surface area (Å²) in [6.45, 7) is 4.20. The zero-order valence-corrected chi connectivity index (χ0v) is 15.0. The minimum atomic E-state index is -0.200. The molecule has 1 amide bonds. The number of H-pyrrole nitrogens is 1. The van der Waals surface area contributed by atoms with E-state index in [1.165, 1.54) is 31.0 Å². The molecule has 0 bridgehead atoms. The number of hydrogen-bond acceptors (Lipinski definition) is 4. The number of fused-ring (bicyclic) bond motifs is 1. The van der Waals surface area contributed by atoms with E-state index in [0.717, 1.165) is 34.7 Å². The summed E-state index contributed by atoms with van der Waals surface area (Å²) < 4.78 is 0. The Hall–Kier alpha value is -1.82. The van der Waals surface area contributed by atoms with Crippen molar-refractivity contribution in [2.45, 2.75) is 56.4 Å². The highest BCUT2D eigenvalue weighted by Gasteiger charge is 2.21. The lowest BCUT2D eigenvalue weighted by molar-refractivity contribution is -0.120. The number of thioether (sulfide) groups is 1. The van der Waals surface area contributed by atoms with E-state index in [2.05, 4.69) is 27.4 Å². The van der Waals surface area contributed by atoms with E-state index in [0.29, 0.717) is 5.92 Å². The van der Waals surface area contributed by atoms with Crippen molar-refractivity contribution in [1.82, 2.24) is 15.4 Å². The molecule has 1 aliphatic rings. The van der Waals surface area contributed by atoms with Gasteiger partial charge in [-0.25, -0.2) is 10.4 Å². The summed E-state index contributed by atoms with van der Waals surface area (Å²) >= 11 is 1.46. The number of nitrogens with zero attached hydrogens (tertiary/aromatic N) is 2. The van der Waals surface area contributed by atoms with Crippen molar-refractivity contribution in [3.8, 4) is 0 Å². The quantitative estimate of drug-likeness (QED) is 0.633. The molecule has 0 aliphatic heterocycles. The lowest BCUT2D eigenvalue weighted by Gasteiger charge is -2.20. The summed E-state index contributed by atoms with van der Waals surface area (Å²) in [5.41, 5.74) is 5.81.